The minimum absolute atomic E-state index is 0.285. The molecule has 0 aromatic rings. The SMILES string of the molecule is CC(=O)O.CC(Cl)OC(C)Cl. The highest BCUT2D eigenvalue weighted by Gasteiger charge is 1.98. The van der Waals surface area contributed by atoms with Gasteiger partial charge in [-0.1, -0.05) is 23.2 Å². The highest BCUT2D eigenvalue weighted by atomic mass is 35.5. The first kappa shape index (κ1) is 13.6. The van der Waals surface area contributed by atoms with Gasteiger partial charge in [-0.25, -0.2) is 0 Å². The average molecular weight is 203 g/mol. The first-order valence-corrected chi connectivity index (χ1v) is 3.86. The number of aliphatic carboxylic acids is 1. The monoisotopic (exact) mass is 202 g/mol. The van der Waals surface area contributed by atoms with E-state index in [4.69, 9.17) is 37.8 Å². The number of rotatable bonds is 2. The predicted molar refractivity (Wildman–Crippen MR) is 45.0 cm³/mol. The third kappa shape index (κ3) is 39.9. The summed E-state index contributed by atoms with van der Waals surface area (Å²) in [5.74, 6) is -0.833. The summed E-state index contributed by atoms with van der Waals surface area (Å²) in [5, 5.41) is 7.42. The molecular formula is C6H12Cl2O3. The zero-order chi connectivity index (χ0) is 9.44. The summed E-state index contributed by atoms with van der Waals surface area (Å²) in [5.41, 5.74) is -0.569. The molecule has 2 atom stereocenters. The first-order chi connectivity index (χ1) is 4.86. The van der Waals surface area contributed by atoms with Gasteiger partial charge in [0.25, 0.3) is 5.97 Å². The average Bonchev–Trinajstić information content (AvgIpc) is 1.56. The van der Waals surface area contributed by atoms with Crippen LogP contribution in [0.15, 0.2) is 0 Å². The van der Waals surface area contributed by atoms with E-state index in [0.717, 1.165) is 6.92 Å². The lowest BCUT2D eigenvalue weighted by Crippen LogP contribution is -2.04. The molecule has 0 aromatic carbocycles. The number of carbonyl (C=O) groups is 1. The molecule has 0 aliphatic rings. The molecule has 5 heteroatoms. The van der Waals surface area contributed by atoms with Gasteiger partial charge in [0.15, 0.2) is 0 Å². The van der Waals surface area contributed by atoms with Crippen molar-refractivity contribution < 1.29 is 14.6 Å². The van der Waals surface area contributed by atoms with Crippen LogP contribution in [0.2, 0.25) is 0 Å². The number of ether oxygens (including phenoxy) is 1. The molecule has 2 unspecified atom stereocenters. The van der Waals surface area contributed by atoms with E-state index in [0.29, 0.717) is 0 Å². The Morgan fingerprint density at radius 2 is 1.55 bits per heavy atom. The Bertz CT molecular complexity index is 94.0. The van der Waals surface area contributed by atoms with Gasteiger partial charge >= 0.3 is 0 Å². The molecule has 0 saturated heterocycles. The van der Waals surface area contributed by atoms with Crippen molar-refractivity contribution in [2.45, 2.75) is 31.9 Å². The normalized spacial score (nSPS) is 14.3. The zero-order valence-electron chi connectivity index (χ0n) is 6.67. The molecule has 0 spiro atoms. The molecule has 3 nitrogen and oxygen atoms in total. The van der Waals surface area contributed by atoms with Crippen molar-refractivity contribution in [3.05, 3.63) is 0 Å². The lowest BCUT2D eigenvalue weighted by atomic mass is 10.8. The van der Waals surface area contributed by atoms with Gasteiger partial charge in [-0.15, -0.1) is 0 Å². The van der Waals surface area contributed by atoms with Crippen molar-refractivity contribution >= 4 is 29.2 Å². The van der Waals surface area contributed by atoms with Gasteiger partial charge in [0, 0.05) is 6.92 Å². The number of alkyl halides is 2. The fourth-order valence-corrected chi connectivity index (χ4v) is 0.620. The minimum atomic E-state index is -0.833. The molecule has 0 aromatic heterocycles. The molecule has 0 fully saturated rings. The quantitative estimate of drug-likeness (QED) is 0.700. The molecule has 0 amide bonds. The van der Waals surface area contributed by atoms with Gasteiger partial charge < -0.3 is 9.84 Å². The molecule has 0 saturated carbocycles. The number of carboxylic acid groups (broad SMARTS) is 1. The molecule has 0 aliphatic heterocycles. The van der Waals surface area contributed by atoms with Crippen molar-refractivity contribution in [2.24, 2.45) is 0 Å². The molecule has 0 rings (SSSR count). The van der Waals surface area contributed by atoms with Crippen LogP contribution in [0.5, 0.6) is 0 Å². The first-order valence-electron chi connectivity index (χ1n) is 2.99. The third-order valence-electron chi connectivity index (χ3n) is 0.375. The number of carboxylic acids is 1. The van der Waals surface area contributed by atoms with Crippen molar-refractivity contribution in [1.29, 1.82) is 0 Å². The Balaban J connectivity index is 0. The van der Waals surface area contributed by atoms with Crippen LogP contribution in [-0.2, 0) is 9.53 Å². The Morgan fingerprint density at radius 1 is 1.36 bits per heavy atom. The predicted octanol–water partition coefficient (Wildman–Crippen LogP) is 2.26. The Hall–Kier alpha value is 0.01000. The number of hydrogen-bond donors (Lipinski definition) is 1. The lowest BCUT2D eigenvalue weighted by Gasteiger charge is -2.05. The Labute approximate surface area is 76.2 Å². The Kier molecular flexibility index (Phi) is 10.0. The zero-order valence-corrected chi connectivity index (χ0v) is 8.19. The van der Waals surface area contributed by atoms with Gasteiger partial charge in [0.05, 0.1) is 0 Å². The summed E-state index contributed by atoms with van der Waals surface area (Å²) >= 11 is 10.7. The van der Waals surface area contributed by atoms with E-state index in [1.807, 2.05) is 0 Å². The fraction of sp³-hybridized carbons (Fsp3) is 0.833. The second-order valence-corrected chi connectivity index (χ2v) is 2.97. The molecular weight excluding hydrogens is 191 g/mol. The van der Waals surface area contributed by atoms with E-state index < -0.39 is 5.97 Å². The molecule has 11 heavy (non-hydrogen) atoms. The summed E-state index contributed by atoms with van der Waals surface area (Å²) in [6, 6.07) is 0. The standard InChI is InChI=1S/C4H8Cl2O.C2H4O2/c1-3(5)7-4(2)6;1-2(3)4/h3-4H,1-2H3;1H3,(H,3,4). The van der Waals surface area contributed by atoms with Crippen LogP contribution in [0, 0.1) is 0 Å². The maximum atomic E-state index is 9.00. The smallest absolute Gasteiger partial charge is 0.300 e. The third-order valence-corrected chi connectivity index (χ3v) is 0.581. The Morgan fingerprint density at radius 3 is 1.55 bits per heavy atom. The van der Waals surface area contributed by atoms with Crippen LogP contribution in [-0.4, -0.2) is 22.2 Å². The molecule has 0 radical (unpaired) electrons. The summed E-state index contributed by atoms with van der Waals surface area (Å²) in [4.78, 5) is 9.00. The van der Waals surface area contributed by atoms with E-state index >= 15 is 0 Å². The van der Waals surface area contributed by atoms with Gasteiger partial charge in [-0.2, -0.15) is 0 Å². The topological polar surface area (TPSA) is 46.5 Å². The summed E-state index contributed by atoms with van der Waals surface area (Å²) in [7, 11) is 0. The second-order valence-electron chi connectivity index (χ2n) is 1.74. The summed E-state index contributed by atoms with van der Waals surface area (Å²) < 4.78 is 4.78. The van der Waals surface area contributed by atoms with Crippen LogP contribution in [0.3, 0.4) is 0 Å². The second kappa shape index (κ2) is 8.11. The van der Waals surface area contributed by atoms with Crippen LogP contribution in [0.4, 0.5) is 0 Å². The maximum absolute atomic E-state index is 9.00. The van der Waals surface area contributed by atoms with Crippen LogP contribution >= 0.6 is 23.2 Å². The van der Waals surface area contributed by atoms with Crippen molar-refractivity contribution in [1.82, 2.24) is 0 Å². The van der Waals surface area contributed by atoms with Crippen LogP contribution < -0.4 is 0 Å². The molecule has 0 bridgehead atoms. The molecule has 0 heterocycles. The maximum Gasteiger partial charge on any atom is 0.300 e. The van der Waals surface area contributed by atoms with E-state index in [1.54, 1.807) is 13.8 Å². The minimum Gasteiger partial charge on any atom is -0.481 e. The highest BCUT2D eigenvalue weighted by Crippen LogP contribution is 2.03. The summed E-state index contributed by atoms with van der Waals surface area (Å²) in [6.45, 7) is 4.53. The fourth-order valence-electron chi connectivity index (χ4n) is 0.258. The highest BCUT2D eigenvalue weighted by molar-refractivity contribution is 6.21. The van der Waals surface area contributed by atoms with Gasteiger partial charge in [-0.05, 0) is 13.8 Å². The van der Waals surface area contributed by atoms with E-state index in [2.05, 4.69) is 0 Å². The largest absolute Gasteiger partial charge is 0.481 e. The summed E-state index contributed by atoms with van der Waals surface area (Å²) in [6.07, 6.45) is 0. The number of hydrogen-bond acceptors (Lipinski definition) is 2. The van der Waals surface area contributed by atoms with E-state index in [9.17, 15) is 0 Å². The van der Waals surface area contributed by atoms with E-state index in [-0.39, 0.29) is 11.1 Å². The van der Waals surface area contributed by atoms with Crippen molar-refractivity contribution in [3.8, 4) is 0 Å². The van der Waals surface area contributed by atoms with Gasteiger partial charge in [0.1, 0.15) is 11.1 Å². The van der Waals surface area contributed by atoms with Gasteiger partial charge in [-0.3, -0.25) is 4.79 Å². The van der Waals surface area contributed by atoms with Crippen LogP contribution in [0.25, 0.3) is 0 Å². The van der Waals surface area contributed by atoms with E-state index in [1.165, 1.54) is 0 Å². The van der Waals surface area contributed by atoms with Crippen LogP contribution in [0.1, 0.15) is 20.8 Å². The number of halogens is 2. The molecule has 0 aliphatic carbocycles. The van der Waals surface area contributed by atoms with Crippen molar-refractivity contribution in [2.75, 3.05) is 0 Å². The molecule has 1 N–H and O–H groups in total. The lowest BCUT2D eigenvalue weighted by molar-refractivity contribution is -0.134. The van der Waals surface area contributed by atoms with Gasteiger partial charge in [0.2, 0.25) is 0 Å². The molecule has 68 valence electrons. The van der Waals surface area contributed by atoms with Crippen molar-refractivity contribution in [3.63, 3.8) is 0 Å².